The first-order valence-electron chi connectivity index (χ1n) is 8.34. The van der Waals surface area contributed by atoms with Crippen LogP contribution in [0.2, 0.25) is 0 Å². The van der Waals surface area contributed by atoms with Gasteiger partial charge in [-0.25, -0.2) is 0 Å². The van der Waals surface area contributed by atoms with Crippen LogP contribution in [0.15, 0.2) is 91.0 Å². The normalized spacial score (nSPS) is 10.6. The minimum Gasteiger partial charge on any atom is -0.367 e. The molecule has 1 amide bonds. The fourth-order valence-corrected chi connectivity index (χ4v) is 2.69. The fourth-order valence-electron chi connectivity index (χ4n) is 2.69. The van der Waals surface area contributed by atoms with Crippen LogP contribution in [0.4, 0.5) is 0 Å². The molecule has 0 aliphatic rings. The molecule has 0 saturated heterocycles. The van der Waals surface area contributed by atoms with Crippen LogP contribution in [0, 0.1) is 0 Å². The first-order chi connectivity index (χ1) is 12.3. The Morgan fingerprint density at radius 2 is 1.24 bits per heavy atom. The van der Waals surface area contributed by atoms with E-state index in [0.29, 0.717) is 6.61 Å². The lowest BCUT2D eigenvalue weighted by Crippen LogP contribution is -2.32. The Labute approximate surface area is 148 Å². The van der Waals surface area contributed by atoms with Gasteiger partial charge in [0.2, 0.25) is 5.91 Å². The summed E-state index contributed by atoms with van der Waals surface area (Å²) in [5, 5.41) is 3.07. The van der Waals surface area contributed by atoms with Gasteiger partial charge in [0, 0.05) is 0 Å². The van der Waals surface area contributed by atoms with Gasteiger partial charge in [-0.2, -0.15) is 0 Å². The van der Waals surface area contributed by atoms with Gasteiger partial charge in [0.05, 0.1) is 12.6 Å². The molecule has 0 spiro atoms. The molecule has 0 heterocycles. The van der Waals surface area contributed by atoms with Crippen molar-refractivity contribution in [3.63, 3.8) is 0 Å². The number of hydrogen-bond donors (Lipinski definition) is 1. The minimum atomic E-state index is -0.185. The van der Waals surface area contributed by atoms with Gasteiger partial charge in [-0.1, -0.05) is 91.0 Å². The van der Waals surface area contributed by atoms with Crippen molar-refractivity contribution < 1.29 is 9.53 Å². The highest BCUT2D eigenvalue weighted by molar-refractivity contribution is 5.78. The van der Waals surface area contributed by atoms with Crippen LogP contribution in [0.1, 0.15) is 22.7 Å². The first-order valence-corrected chi connectivity index (χ1v) is 8.34. The summed E-state index contributed by atoms with van der Waals surface area (Å²) in [5.41, 5.74) is 3.15. The number of amides is 1. The van der Waals surface area contributed by atoms with Gasteiger partial charge >= 0.3 is 0 Å². The summed E-state index contributed by atoms with van der Waals surface area (Å²) in [4.78, 5) is 12.4. The maximum atomic E-state index is 12.4. The fraction of sp³-hybridized carbons (Fsp3) is 0.136. The summed E-state index contributed by atoms with van der Waals surface area (Å²) in [6, 6.07) is 29.6. The number of carbonyl (C=O) groups is 1. The molecular weight excluding hydrogens is 310 g/mol. The quantitative estimate of drug-likeness (QED) is 0.707. The standard InChI is InChI=1S/C22H21NO2/c24-21(17-25-16-18-10-4-1-5-11-18)23-22(19-12-6-2-7-13-19)20-14-8-3-9-15-20/h1-15,22H,16-17H2,(H,23,24). The van der Waals surface area contributed by atoms with Crippen LogP contribution >= 0.6 is 0 Å². The Hall–Kier alpha value is -2.91. The predicted octanol–water partition coefficient (Wildman–Crippen LogP) is 4.11. The Kier molecular flexibility index (Phi) is 5.96. The SMILES string of the molecule is O=C(COCc1ccccc1)NC(c1ccccc1)c1ccccc1. The molecule has 0 bridgehead atoms. The van der Waals surface area contributed by atoms with E-state index in [-0.39, 0.29) is 18.6 Å². The molecule has 0 aliphatic carbocycles. The number of nitrogens with one attached hydrogen (secondary N) is 1. The van der Waals surface area contributed by atoms with E-state index in [9.17, 15) is 4.79 Å². The Morgan fingerprint density at radius 1 is 0.760 bits per heavy atom. The lowest BCUT2D eigenvalue weighted by atomic mass is 9.99. The topological polar surface area (TPSA) is 38.3 Å². The zero-order valence-corrected chi connectivity index (χ0v) is 14.0. The van der Waals surface area contributed by atoms with E-state index in [1.54, 1.807) is 0 Å². The number of hydrogen-bond acceptors (Lipinski definition) is 2. The molecule has 1 N–H and O–H groups in total. The van der Waals surface area contributed by atoms with Crippen molar-refractivity contribution in [3.05, 3.63) is 108 Å². The summed E-state index contributed by atoms with van der Waals surface area (Å²) < 4.78 is 5.54. The second-order valence-corrected chi connectivity index (χ2v) is 5.80. The van der Waals surface area contributed by atoms with Gasteiger partial charge in [-0.3, -0.25) is 4.79 Å². The molecule has 0 radical (unpaired) electrons. The van der Waals surface area contributed by atoms with Crippen LogP contribution in [0.25, 0.3) is 0 Å². The van der Waals surface area contributed by atoms with E-state index < -0.39 is 0 Å². The van der Waals surface area contributed by atoms with Crippen molar-refractivity contribution in [2.24, 2.45) is 0 Å². The third-order valence-corrected chi connectivity index (χ3v) is 3.92. The van der Waals surface area contributed by atoms with Crippen LogP contribution in [-0.2, 0) is 16.1 Å². The summed E-state index contributed by atoms with van der Waals surface area (Å²) in [6.45, 7) is 0.459. The lowest BCUT2D eigenvalue weighted by Gasteiger charge is -2.20. The maximum Gasteiger partial charge on any atom is 0.246 e. The van der Waals surface area contributed by atoms with Crippen LogP contribution in [-0.4, -0.2) is 12.5 Å². The molecule has 3 rings (SSSR count). The molecule has 3 nitrogen and oxygen atoms in total. The van der Waals surface area contributed by atoms with E-state index in [4.69, 9.17) is 4.74 Å². The summed E-state index contributed by atoms with van der Waals surface area (Å²) >= 11 is 0. The molecule has 0 aliphatic heterocycles. The van der Waals surface area contributed by atoms with Crippen molar-refractivity contribution in [3.8, 4) is 0 Å². The molecule has 126 valence electrons. The van der Waals surface area contributed by atoms with Crippen LogP contribution in [0.5, 0.6) is 0 Å². The molecule has 0 fully saturated rings. The van der Waals surface area contributed by atoms with E-state index in [2.05, 4.69) is 5.32 Å². The second-order valence-electron chi connectivity index (χ2n) is 5.80. The molecule has 25 heavy (non-hydrogen) atoms. The smallest absolute Gasteiger partial charge is 0.246 e. The summed E-state index contributed by atoms with van der Waals surface area (Å²) in [7, 11) is 0. The van der Waals surface area contributed by atoms with E-state index in [1.165, 1.54) is 0 Å². The average molecular weight is 331 g/mol. The van der Waals surface area contributed by atoms with Gasteiger partial charge < -0.3 is 10.1 Å². The number of carbonyl (C=O) groups excluding carboxylic acids is 1. The van der Waals surface area contributed by atoms with Crippen LogP contribution in [0.3, 0.4) is 0 Å². The Morgan fingerprint density at radius 3 is 1.76 bits per heavy atom. The molecular formula is C22H21NO2. The van der Waals surface area contributed by atoms with Crippen molar-refractivity contribution in [2.75, 3.05) is 6.61 Å². The zero-order valence-electron chi connectivity index (χ0n) is 14.0. The minimum absolute atomic E-state index is 0.0328. The van der Waals surface area contributed by atoms with Gasteiger partial charge in [-0.15, -0.1) is 0 Å². The third kappa shape index (κ3) is 5.03. The summed E-state index contributed by atoms with van der Waals surface area (Å²) in [6.07, 6.45) is 0. The molecule has 3 heteroatoms. The first kappa shape index (κ1) is 16.9. The van der Waals surface area contributed by atoms with Crippen LogP contribution < -0.4 is 5.32 Å². The highest BCUT2D eigenvalue weighted by atomic mass is 16.5. The predicted molar refractivity (Wildman–Crippen MR) is 99.0 cm³/mol. The van der Waals surface area contributed by atoms with E-state index in [1.807, 2.05) is 91.0 Å². The lowest BCUT2D eigenvalue weighted by molar-refractivity contribution is -0.126. The summed E-state index contributed by atoms with van der Waals surface area (Å²) in [5.74, 6) is -0.131. The van der Waals surface area contributed by atoms with Gasteiger partial charge in [0.25, 0.3) is 0 Å². The van der Waals surface area contributed by atoms with Crippen molar-refractivity contribution in [1.29, 1.82) is 0 Å². The van der Waals surface area contributed by atoms with E-state index >= 15 is 0 Å². The Bertz CT molecular complexity index is 733. The number of benzene rings is 3. The highest BCUT2D eigenvalue weighted by Crippen LogP contribution is 2.21. The molecule has 3 aromatic carbocycles. The molecule has 0 atom stereocenters. The monoisotopic (exact) mass is 331 g/mol. The third-order valence-electron chi connectivity index (χ3n) is 3.92. The second kappa shape index (κ2) is 8.81. The molecule has 0 aromatic heterocycles. The molecule has 3 aromatic rings. The number of rotatable bonds is 7. The molecule has 0 saturated carbocycles. The van der Waals surface area contributed by atoms with E-state index in [0.717, 1.165) is 16.7 Å². The molecule has 0 unspecified atom stereocenters. The van der Waals surface area contributed by atoms with Crippen molar-refractivity contribution in [1.82, 2.24) is 5.32 Å². The van der Waals surface area contributed by atoms with Gasteiger partial charge in [-0.05, 0) is 16.7 Å². The number of ether oxygens (including phenoxy) is 1. The maximum absolute atomic E-state index is 12.4. The highest BCUT2D eigenvalue weighted by Gasteiger charge is 2.16. The van der Waals surface area contributed by atoms with Crippen molar-refractivity contribution in [2.45, 2.75) is 12.6 Å². The van der Waals surface area contributed by atoms with Crippen molar-refractivity contribution >= 4 is 5.91 Å². The zero-order chi connectivity index (χ0) is 17.3. The largest absolute Gasteiger partial charge is 0.367 e. The Balaban J connectivity index is 1.63. The average Bonchev–Trinajstić information content (AvgIpc) is 2.68. The van der Waals surface area contributed by atoms with Gasteiger partial charge in [0.15, 0.2) is 0 Å². The van der Waals surface area contributed by atoms with Gasteiger partial charge in [0.1, 0.15) is 6.61 Å².